The van der Waals surface area contributed by atoms with Crippen LogP contribution in [-0.2, 0) is 22.6 Å². The molecule has 3 aliphatic rings. The Morgan fingerprint density at radius 2 is 2.09 bits per heavy atom. The Hall–Kier alpha value is -1.47. The second-order valence-corrected chi connectivity index (χ2v) is 6.74. The molecule has 120 valence electrons. The van der Waals surface area contributed by atoms with E-state index in [1.165, 1.54) is 0 Å². The predicted molar refractivity (Wildman–Crippen MR) is 79.1 cm³/mol. The van der Waals surface area contributed by atoms with Gasteiger partial charge >= 0.3 is 0 Å². The van der Waals surface area contributed by atoms with Gasteiger partial charge in [-0.25, -0.2) is 0 Å². The first-order valence-electron chi connectivity index (χ1n) is 8.16. The number of rotatable bonds is 2. The number of aryl methyl sites for hydroxylation is 1. The zero-order valence-electron chi connectivity index (χ0n) is 13.2. The summed E-state index contributed by atoms with van der Waals surface area (Å²) in [5.74, 6) is 2.56. The molecule has 2 unspecified atom stereocenters. The summed E-state index contributed by atoms with van der Waals surface area (Å²) in [6.07, 6.45) is 0.780. The van der Waals surface area contributed by atoms with Gasteiger partial charge in [-0.3, -0.25) is 9.69 Å². The fourth-order valence-corrected chi connectivity index (χ4v) is 3.69. The number of hydrogen-bond donors (Lipinski definition) is 0. The van der Waals surface area contributed by atoms with Crippen molar-refractivity contribution in [2.75, 3.05) is 26.2 Å². The Bertz CT molecular complexity index is 580. The summed E-state index contributed by atoms with van der Waals surface area (Å²) in [5.41, 5.74) is 0. The molecule has 0 spiro atoms. The lowest BCUT2D eigenvalue weighted by Crippen LogP contribution is -2.63. The second-order valence-electron chi connectivity index (χ2n) is 6.74. The van der Waals surface area contributed by atoms with Crippen LogP contribution in [0.15, 0.2) is 0 Å². The number of amides is 1. The van der Waals surface area contributed by atoms with Crippen LogP contribution in [0.3, 0.4) is 0 Å². The first kappa shape index (κ1) is 14.1. The van der Waals surface area contributed by atoms with Gasteiger partial charge in [0.2, 0.25) is 0 Å². The molecule has 0 bridgehead atoms. The third-order valence-electron chi connectivity index (χ3n) is 5.29. The van der Waals surface area contributed by atoms with Crippen molar-refractivity contribution in [3.63, 3.8) is 0 Å². The molecule has 2 saturated heterocycles. The highest BCUT2D eigenvalue weighted by Gasteiger charge is 2.41. The molecule has 2 fully saturated rings. The van der Waals surface area contributed by atoms with Crippen molar-refractivity contribution in [3.05, 3.63) is 11.6 Å². The van der Waals surface area contributed by atoms with Gasteiger partial charge < -0.3 is 14.2 Å². The molecular weight excluding hydrogens is 282 g/mol. The Balaban J connectivity index is 1.33. The van der Waals surface area contributed by atoms with Crippen LogP contribution in [0.2, 0.25) is 0 Å². The number of ether oxygens (including phenoxy) is 1. The summed E-state index contributed by atoms with van der Waals surface area (Å²) in [5, 5.41) is 8.39. The van der Waals surface area contributed by atoms with Crippen LogP contribution in [0.4, 0.5) is 0 Å². The predicted octanol–water partition coefficient (Wildman–Crippen LogP) is 0.0379. The summed E-state index contributed by atoms with van der Waals surface area (Å²) in [6.45, 7) is 9.25. The second kappa shape index (κ2) is 5.31. The fraction of sp³-hybridized carbons (Fsp3) is 0.800. The van der Waals surface area contributed by atoms with Crippen molar-refractivity contribution in [1.29, 1.82) is 0 Å². The van der Waals surface area contributed by atoms with Crippen LogP contribution < -0.4 is 0 Å². The molecule has 1 amide bonds. The van der Waals surface area contributed by atoms with Gasteiger partial charge in [0, 0.05) is 38.8 Å². The summed E-state index contributed by atoms with van der Waals surface area (Å²) in [6, 6.07) is 0.450. The van der Waals surface area contributed by atoms with E-state index in [9.17, 15) is 4.79 Å². The van der Waals surface area contributed by atoms with Crippen LogP contribution in [0.1, 0.15) is 25.0 Å². The molecule has 0 aliphatic carbocycles. The Labute approximate surface area is 130 Å². The van der Waals surface area contributed by atoms with Gasteiger partial charge in [-0.15, -0.1) is 10.2 Å². The molecule has 2 atom stereocenters. The van der Waals surface area contributed by atoms with E-state index >= 15 is 0 Å². The standard InChI is InChI=1S/C15H23N5O2/c1-10-3-6-22-14(10)15(21)19-7-12(8-19)18-4-5-20-11(2)16-17-13(20)9-18/h10,12,14H,3-9H2,1-2H3. The van der Waals surface area contributed by atoms with Crippen LogP contribution >= 0.6 is 0 Å². The van der Waals surface area contributed by atoms with Gasteiger partial charge in [0.1, 0.15) is 17.8 Å². The van der Waals surface area contributed by atoms with Crippen LogP contribution in [0, 0.1) is 12.8 Å². The van der Waals surface area contributed by atoms with Crippen molar-refractivity contribution >= 4 is 5.91 Å². The number of carbonyl (C=O) groups excluding carboxylic acids is 1. The van der Waals surface area contributed by atoms with Crippen LogP contribution in [-0.4, -0.2) is 68.9 Å². The van der Waals surface area contributed by atoms with Crippen molar-refractivity contribution in [2.45, 2.75) is 45.5 Å². The van der Waals surface area contributed by atoms with E-state index in [4.69, 9.17) is 4.74 Å². The molecule has 7 heteroatoms. The highest BCUT2D eigenvalue weighted by atomic mass is 16.5. The van der Waals surface area contributed by atoms with Crippen LogP contribution in [0.5, 0.6) is 0 Å². The number of hydrogen-bond acceptors (Lipinski definition) is 5. The van der Waals surface area contributed by atoms with Crippen LogP contribution in [0.25, 0.3) is 0 Å². The number of aromatic nitrogens is 3. The Morgan fingerprint density at radius 1 is 1.27 bits per heavy atom. The molecule has 1 aromatic rings. The maximum atomic E-state index is 12.4. The van der Waals surface area contributed by atoms with Crippen molar-refractivity contribution in [3.8, 4) is 0 Å². The average molecular weight is 305 g/mol. The third-order valence-corrected chi connectivity index (χ3v) is 5.29. The minimum Gasteiger partial charge on any atom is -0.368 e. The van der Waals surface area contributed by atoms with E-state index < -0.39 is 0 Å². The number of likely N-dealkylation sites (tertiary alicyclic amines) is 1. The largest absolute Gasteiger partial charge is 0.368 e. The lowest BCUT2D eigenvalue weighted by molar-refractivity contribution is -0.150. The molecule has 0 aromatic carbocycles. The van der Waals surface area contributed by atoms with Gasteiger partial charge in [0.05, 0.1) is 6.54 Å². The minimum absolute atomic E-state index is 0.178. The number of fused-ring (bicyclic) bond motifs is 1. The molecule has 22 heavy (non-hydrogen) atoms. The third kappa shape index (κ3) is 2.23. The van der Waals surface area contributed by atoms with Gasteiger partial charge in [-0.1, -0.05) is 6.92 Å². The molecule has 7 nitrogen and oxygen atoms in total. The lowest BCUT2D eigenvalue weighted by Gasteiger charge is -2.47. The zero-order valence-corrected chi connectivity index (χ0v) is 13.2. The molecule has 0 radical (unpaired) electrons. The highest BCUT2D eigenvalue weighted by molar-refractivity contribution is 5.82. The number of nitrogens with zero attached hydrogens (tertiary/aromatic N) is 5. The monoisotopic (exact) mass is 305 g/mol. The van der Waals surface area contributed by atoms with E-state index in [1.54, 1.807) is 0 Å². The Morgan fingerprint density at radius 3 is 2.82 bits per heavy atom. The maximum absolute atomic E-state index is 12.4. The molecule has 0 N–H and O–H groups in total. The Kier molecular flexibility index (Phi) is 3.41. The molecular formula is C15H23N5O2. The first-order valence-corrected chi connectivity index (χ1v) is 8.16. The number of carbonyl (C=O) groups is 1. The van der Waals surface area contributed by atoms with Crippen molar-refractivity contribution in [1.82, 2.24) is 24.6 Å². The van der Waals surface area contributed by atoms with E-state index in [0.717, 1.165) is 57.4 Å². The molecule has 0 saturated carbocycles. The summed E-state index contributed by atoms with van der Waals surface area (Å²) in [4.78, 5) is 16.8. The summed E-state index contributed by atoms with van der Waals surface area (Å²) in [7, 11) is 0. The average Bonchev–Trinajstić information content (AvgIpc) is 3.04. The first-order chi connectivity index (χ1) is 10.6. The lowest BCUT2D eigenvalue weighted by atomic mass is 9.99. The molecule has 1 aromatic heterocycles. The summed E-state index contributed by atoms with van der Waals surface area (Å²) < 4.78 is 7.77. The van der Waals surface area contributed by atoms with Gasteiger partial charge in [-0.05, 0) is 19.3 Å². The smallest absolute Gasteiger partial charge is 0.252 e. The SMILES string of the molecule is Cc1nnc2n1CCN(C1CN(C(=O)C3OCCC3C)C1)C2. The normalized spacial score (nSPS) is 29.5. The van der Waals surface area contributed by atoms with Crippen molar-refractivity contribution in [2.24, 2.45) is 5.92 Å². The van der Waals surface area contributed by atoms with E-state index in [-0.39, 0.29) is 12.0 Å². The highest BCUT2D eigenvalue weighted by Crippen LogP contribution is 2.26. The topological polar surface area (TPSA) is 63.5 Å². The quantitative estimate of drug-likeness (QED) is 0.772. The molecule has 4 rings (SSSR count). The molecule has 3 aliphatic heterocycles. The zero-order chi connectivity index (χ0) is 15.3. The van der Waals surface area contributed by atoms with Gasteiger partial charge in [-0.2, -0.15) is 0 Å². The van der Waals surface area contributed by atoms with E-state index in [2.05, 4.69) is 26.6 Å². The fourth-order valence-electron chi connectivity index (χ4n) is 3.69. The van der Waals surface area contributed by atoms with Crippen molar-refractivity contribution < 1.29 is 9.53 Å². The minimum atomic E-state index is -0.215. The van der Waals surface area contributed by atoms with Gasteiger partial charge in [0.15, 0.2) is 0 Å². The maximum Gasteiger partial charge on any atom is 0.252 e. The summed E-state index contributed by atoms with van der Waals surface area (Å²) >= 11 is 0. The molecule has 4 heterocycles. The van der Waals surface area contributed by atoms with E-state index in [1.807, 2.05) is 11.8 Å². The van der Waals surface area contributed by atoms with Gasteiger partial charge in [0.25, 0.3) is 5.91 Å². The van der Waals surface area contributed by atoms with E-state index in [0.29, 0.717) is 12.0 Å².